The highest BCUT2D eigenvalue weighted by molar-refractivity contribution is 7.92. The van der Waals surface area contributed by atoms with E-state index in [0.29, 0.717) is 17.2 Å². The number of benzene rings is 2. The molecule has 0 heterocycles. The van der Waals surface area contributed by atoms with Crippen molar-refractivity contribution in [3.63, 3.8) is 0 Å². The molecule has 0 spiro atoms. The number of nitrogens with one attached hydrogen (secondary N) is 1. The highest BCUT2D eigenvalue weighted by atomic mass is 32.2. The van der Waals surface area contributed by atoms with E-state index in [4.69, 9.17) is 9.47 Å². The van der Waals surface area contributed by atoms with Crippen LogP contribution in [-0.4, -0.2) is 40.3 Å². The fourth-order valence-corrected chi connectivity index (χ4v) is 3.71. The molecule has 0 saturated heterocycles. The SMILES string of the molecule is CCc1ccc(N(CC(=O)NCc2ccc(OC(C)C)c(OC)c2)S(C)(=O)=O)cc1. The molecule has 2 aromatic rings. The van der Waals surface area contributed by atoms with Crippen LogP contribution in [0.25, 0.3) is 0 Å². The topological polar surface area (TPSA) is 84.9 Å². The molecule has 0 aromatic heterocycles. The molecule has 0 fully saturated rings. The summed E-state index contributed by atoms with van der Waals surface area (Å²) in [5, 5.41) is 2.76. The first-order chi connectivity index (χ1) is 14.1. The first kappa shape index (κ1) is 23.5. The summed E-state index contributed by atoms with van der Waals surface area (Å²) in [5.41, 5.74) is 2.37. The van der Waals surface area contributed by atoms with Crippen LogP contribution in [0.2, 0.25) is 0 Å². The summed E-state index contributed by atoms with van der Waals surface area (Å²) >= 11 is 0. The molecule has 0 aliphatic rings. The van der Waals surface area contributed by atoms with E-state index in [1.807, 2.05) is 39.0 Å². The third-order valence-corrected chi connectivity index (χ3v) is 5.54. The van der Waals surface area contributed by atoms with Gasteiger partial charge >= 0.3 is 0 Å². The van der Waals surface area contributed by atoms with Crippen molar-refractivity contribution in [1.29, 1.82) is 0 Å². The Hall–Kier alpha value is -2.74. The van der Waals surface area contributed by atoms with E-state index in [1.54, 1.807) is 31.4 Å². The Kier molecular flexibility index (Phi) is 8.11. The van der Waals surface area contributed by atoms with Crippen LogP contribution in [0, 0.1) is 0 Å². The summed E-state index contributed by atoms with van der Waals surface area (Å²) in [6.07, 6.45) is 1.95. The van der Waals surface area contributed by atoms with E-state index in [2.05, 4.69) is 5.32 Å². The molecular weight excluding hydrogens is 404 g/mol. The number of methoxy groups -OCH3 is 1. The van der Waals surface area contributed by atoms with Crippen LogP contribution in [0.15, 0.2) is 42.5 Å². The lowest BCUT2D eigenvalue weighted by atomic mass is 10.1. The van der Waals surface area contributed by atoms with Crippen molar-refractivity contribution in [3.8, 4) is 11.5 Å². The van der Waals surface area contributed by atoms with E-state index in [1.165, 1.54) is 0 Å². The molecule has 0 unspecified atom stereocenters. The van der Waals surface area contributed by atoms with Crippen LogP contribution < -0.4 is 19.1 Å². The van der Waals surface area contributed by atoms with Crippen LogP contribution in [-0.2, 0) is 27.8 Å². The Morgan fingerprint density at radius 2 is 1.70 bits per heavy atom. The highest BCUT2D eigenvalue weighted by Crippen LogP contribution is 2.29. The molecule has 7 nitrogen and oxygen atoms in total. The molecule has 0 radical (unpaired) electrons. The molecule has 30 heavy (non-hydrogen) atoms. The lowest BCUT2D eigenvalue weighted by molar-refractivity contribution is -0.119. The molecule has 0 atom stereocenters. The van der Waals surface area contributed by atoms with Gasteiger partial charge in [0.25, 0.3) is 0 Å². The molecule has 2 aromatic carbocycles. The van der Waals surface area contributed by atoms with Crippen LogP contribution in [0.3, 0.4) is 0 Å². The zero-order valence-electron chi connectivity index (χ0n) is 18.1. The summed E-state index contributed by atoms with van der Waals surface area (Å²) in [4.78, 5) is 12.5. The molecule has 2 rings (SSSR count). The first-order valence-corrected chi connectivity index (χ1v) is 11.7. The Morgan fingerprint density at radius 1 is 1.07 bits per heavy atom. The summed E-state index contributed by atoms with van der Waals surface area (Å²) in [7, 11) is -2.05. The molecule has 0 aliphatic heterocycles. The first-order valence-electron chi connectivity index (χ1n) is 9.81. The van der Waals surface area contributed by atoms with Crippen molar-refractivity contribution < 1.29 is 22.7 Å². The zero-order valence-corrected chi connectivity index (χ0v) is 19.0. The second kappa shape index (κ2) is 10.3. The molecule has 0 saturated carbocycles. The standard InChI is InChI=1S/C22H30N2O5S/c1-6-17-7-10-19(11-8-17)24(30(5,26)27)15-22(25)23-14-18-9-12-20(29-16(2)3)21(13-18)28-4/h7-13,16H,6,14-15H2,1-5H3,(H,23,25). The molecule has 1 amide bonds. The molecule has 0 bridgehead atoms. The number of sulfonamides is 1. The quantitative estimate of drug-likeness (QED) is 0.621. The van der Waals surface area contributed by atoms with Gasteiger partial charge in [-0.3, -0.25) is 9.10 Å². The lowest BCUT2D eigenvalue weighted by Crippen LogP contribution is -2.40. The number of nitrogens with zero attached hydrogens (tertiary/aromatic N) is 1. The van der Waals surface area contributed by atoms with Crippen molar-refractivity contribution in [2.45, 2.75) is 39.8 Å². The predicted octanol–water partition coefficient (Wildman–Crippen LogP) is 3.13. The third-order valence-electron chi connectivity index (χ3n) is 4.40. The Balaban J connectivity index is 2.07. The number of rotatable bonds is 10. The van der Waals surface area contributed by atoms with Crippen molar-refractivity contribution in [3.05, 3.63) is 53.6 Å². The second-order valence-electron chi connectivity index (χ2n) is 7.22. The van der Waals surface area contributed by atoms with Gasteiger partial charge < -0.3 is 14.8 Å². The average Bonchev–Trinajstić information content (AvgIpc) is 2.70. The maximum absolute atomic E-state index is 12.5. The summed E-state index contributed by atoms with van der Waals surface area (Å²) in [5.74, 6) is 0.798. The van der Waals surface area contributed by atoms with Crippen LogP contribution in [0.4, 0.5) is 5.69 Å². The number of aryl methyl sites for hydroxylation is 1. The van der Waals surface area contributed by atoms with Gasteiger partial charge in [-0.25, -0.2) is 8.42 Å². The average molecular weight is 435 g/mol. The van der Waals surface area contributed by atoms with Crippen LogP contribution in [0.5, 0.6) is 11.5 Å². The Labute approximate surface area is 179 Å². The minimum atomic E-state index is -3.61. The van der Waals surface area contributed by atoms with Crippen molar-refractivity contribution in [2.75, 3.05) is 24.2 Å². The Morgan fingerprint density at radius 3 is 2.23 bits per heavy atom. The molecular formula is C22H30N2O5S. The van der Waals surface area contributed by atoms with Crippen molar-refractivity contribution in [2.24, 2.45) is 0 Å². The number of hydrogen-bond acceptors (Lipinski definition) is 5. The van der Waals surface area contributed by atoms with Crippen molar-refractivity contribution in [1.82, 2.24) is 5.32 Å². The number of carbonyl (C=O) groups is 1. The van der Waals surface area contributed by atoms with Crippen molar-refractivity contribution >= 4 is 21.6 Å². The normalized spacial score (nSPS) is 11.3. The highest BCUT2D eigenvalue weighted by Gasteiger charge is 2.20. The number of anilines is 1. The van der Waals surface area contributed by atoms with Gasteiger partial charge in [-0.2, -0.15) is 0 Å². The predicted molar refractivity (Wildman–Crippen MR) is 119 cm³/mol. The van der Waals surface area contributed by atoms with Gasteiger partial charge in [0.05, 0.1) is 25.2 Å². The maximum atomic E-state index is 12.5. The number of carbonyl (C=O) groups excluding carboxylic acids is 1. The number of ether oxygens (including phenoxy) is 2. The summed E-state index contributed by atoms with van der Waals surface area (Å²) in [6.45, 7) is 5.82. The van der Waals surface area contributed by atoms with E-state index >= 15 is 0 Å². The zero-order chi connectivity index (χ0) is 22.3. The summed E-state index contributed by atoms with van der Waals surface area (Å²) < 4.78 is 36.6. The molecule has 164 valence electrons. The fraction of sp³-hybridized carbons (Fsp3) is 0.409. The largest absolute Gasteiger partial charge is 0.493 e. The van der Waals surface area contributed by atoms with Gasteiger partial charge in [-0.1, -0.05) is 25.1 Å². The van der Waals surface area contributed by atoms with E-state index < -0.39 is 15.9 Å². The summed E-state index contributed by atoms with van der Waals surface area (Å²) in [6, 6.07) is 12.6. The van der Waals surface area contributed by atoms with Gasteiger partial charge in [-0.15, -0.1) is 0 Å². The molecule has 1 N–H and O–H groups in total. The van der Waals surface area contributed by atoms with Gasteiger partial charge in [0.1, 0.15) is 6.54 Å². The number of hydrogen-bond donors (Lipinski definition) is 1. The van der Waals surface area contributed by atoms with Crippen LogP contribution >= 0.6 is 0 Å². The monoisotopic (exact) mass is 434 g/mol. The third kappa shape index (κ3) is 6.66. The van der Waals surface area contributed by atoms with E-state index in [0.717, 1.165) is 28.1 Å². The smallest absolute Gasteiger partial charge is 0.241 e. The number of amides is 1. The van der Waals surface area contributed by atoms with E-state index in [-0.39, 0.29) is 19.2 Å². The van der Waals surface area contributed by atoms with Gasteiger partial charge in [-0.05, 0) is 55.7 Å². The maximum Gasteiger partial charge on any atom is 0.241 e. The second-order valence-corrected chi connectivity index (χ2v) is 9.12. The van der Waals surface area contributed by atoms with E-state index in [9.17, 15) is 13.2 Å². The Bertz CT molecular complexity index is 956. The van der Waals surface area contributed by atoms with Gasteiger partial charge in [0, 0.05) is 6.54 Å². The van der Waals surface area contributed by atoms with Crippen LogP contribution in [0.1, 0.15) is 31.9 Å². The minimum Gasteiger partial charge on any atom is -0.493 e. The lowest BCUT2D eigenvalue weighted by Gasteiger charge is -2.22. The fourth-order valence-electron chi connectivity index (χ4n) is 2.86. The van der Waals surface area contributed by atoms with Gasteiger partial charge in [0.2, 0.25) is 15.9 Å². The molecule has 8 heteroatoms. The molecule has 0 aliphatic carbocycles. The van der Waals surface area contributed by atoms with Gasteiger partial charge in [0.15, 0.2) is 11.5 Å². The minimum absolute atomic E-state index is 0.0119.